The first-order valence-corrected chi connectivity index (χ1v) is 7.02. The lowest BCUT2D eigenvalue weighted by molar-refractivity contribution is 1.32. The highest BCUT2D eigenvalue weighted by atomic mass is 79.9. The van der Waals surface area contributed by atoms with Crippen molar-refractivity contribution in [1.29, 1.82) is 0 Å². The van der Waals surface area contributed by atoms with Gasteiger partial charge < -0.3 is 0 Å². The fraction of sp³-hybridized carbons (Fsp3) is 0.0714. The van der Waals surface area contributed by atoms with Crippen LogP contribution in [0.3, 0.4) is 0 Å². The van der Waals surface area contributed by atoms with Gasteiger partial charge in [-0.1, -0.05) is 28.1 Å². The second-order valence-electron chi connectivity index (χ2n) is 3.52. The lowest BCUT2D eigenvalue weighted by Gasteiger charge is -2.05. The van der Waals surface area contributed by atoms with Gasteiger partial charge in [-0.05, 0) is 29.8 Å². The smallest absolute Gasteiger partial charge is 0.0346 e. The number of halogens is 1. The van der Waals surface area contributed by atoms with Gasteiger partial charge in [0, 0.05) is 33.1 Å². The molecule has 0 aliphatic carbocycles. The fourth-order valence-electron chi connectivity index (χ4n) is 1.50. The largest absolute Gasteiger partial charge is 0.264 e. The highest BCUT2D eigenvalue weighted by molar-refractivity contribution is 9.10. The van der Waals surface area contributed by atoms with E-state index in [2.05, 4.69) is 51.8 Å². The molecule has 86 valence electrons. The minimum absolute atomic E-state index is 0.920. The summed E-state index contributed by atoms with van der Waals surface area (Å²) in [4.78, 5) is 5.38. The minimum Gasteiger partial charge on any atom is -0.264 e. The van der Waals surface area contributed by atoms with Crippen LogP contribution < -0.4 is 0 Å². The number of pyridine rings is 1. The molecule has 17 heavy (non-hydrogen) atoms. The van der Waals surface area contributed by atoms with Crippen LogP contribution >= 0.6 is 27.7 Å². The van der Waals surface area contributed by atoms with E-state index in [1.807, 2.05) is 18.3 Å². The molecule has 0 spiro atoms. The molecule has 0 atom stereocenters. The number of hydrogen-bond donors (Lipinski definition) is 0. The van der Waals surface area contributed by atoms with E-state index >= 15 is 0 Å². The summed E-state index contributed by atoms with van der Waals surface area (Å²) in [5.41, 5.74) is 2.31. The van der Waals surface area contributed by atoms with Crippen molar-refractivity contribution in [1.82, 2.24) is 4.98 Å². The van der Waals surface area contributed by atoms with Gasteiger partial charge in [0.25, 0.3) is 0 Å². The average molecular weight is 306 g/mol. The number of nitrogens with zero attached hydrogens (tertiary/aromatic N) is 1. The Morgan fingerprint density at radius 3 is 2.88 bits per heavy atom. The first-order chi connectivity index (χ1) is 8.29. The van der Waals surface area contributed by atoms with Crippen LogP contribution in [0.4, 0.5) is 0 Å². The Bertz CT molecular complexity index is 511. The zero-order valence-corrected chi connectivity index (χ0v) is 11.7. The van der Waals surface area contributed by atoms with Crippen molar-refractivity contribution >= 4 is 27.7 Å². The highest BCUT2D eigenvalue weighted by Gasteiger charge is 2.02. The Labute approximate surface area is 114 Å². The molecule has 2 rings (SSSR count). The molecule has 1 aromatic heterocycles. The first kappa shape index (κ1) is 12.4. The molecule has 1 heterocycles. The van der Waals surface area contributed by atoms with Gasteiger partial charge >= 0.3 is 0 Å². The van der Waals surface area contributed by atoms with Crippen molar-refractivity contribution < 1.29 is 0 Å². The molecule has 0 aliphatic rings. The van der Waals surface area contributed by atoms with Gasteiger partial charge in [-0.25, -0.2) is 0 Å². The number of hydrogen-bond acceptors (Lipinski definition) is 2. The molecular formula is C14H12BrNS. The maximum Gasteiger partial charge on any atom is 0.0346 e. The van der Waals surface area contributed by atoms with Gasteiger partial charge in [-0.3, -0.25) is 4.98 Å². The summed E-state index contributed by atoms with van der Waals surface area (Å²) >= 11 is 5.32. The zero-order chi connectivity index (χ0) is 12.1. The molecule has 1 aromatic carbocycles. The molecule has 3 heteroatoms. The first-order valence-electron chi connectivity index (χ1n) is 5.24. The molecule has 0 amide bonds. The Kier molecular flexibility index (Phi) is 4.40. The lowest BCUT2D eigenvalue weighted by atomic mass is 10.1. The van der Waals surface area contributed by atoms with Crippen molar-refractivity contribution in [2.45, 2.75) is 4.90 Å². The molecule has 0 bridgehead atoms. The van der Waals surface area contributed by atoms with Crippen molar-refractivity contribution in [3.8, 4) is 11.1 Å². The molecule has 1 nitrogen and oxygen atoms in total. The third-order valence-electron chi connectivity index (χ3n) is 2.23. The van der Waals surface area contributed by atoms with Crippen molar-refractivity contribution in [2.75, 3.05) is 5.75 Å². The van der Waals surface area contributed by atoms with Crippen LogP contribution in [-0.4, -0.2) is 10.7 Å². The van der Waals surface area contributed by atoms with Gasteiger partial charge in [0.05, 0.1) is 0 Å². The van der Waals surface area contributed by atoms with E-state index in [1.54, 1.807) is 18.0 Å². The Balaban J connectivity index is 2.35. The van der Waals surface area contributed by atoms with Gasteiger partial charge in [0.15, 0.2) is 0 Å². The van der Waals surface area contributed by atoms with E-state index in [9.17, 15) is 0 Å². The monoisotopic (exact) mass is 305 g/mol. The quantitative estimate of drug-likeness (QED) is 0.595. The second kappa shape index (κ2) is 6.03. The van der Waals surface area contributed by atoms with Crippen molar-refractivity contribution in [2.24, 2.45) is 0 Å². The Morgan fingerprint density at radius 1 is 1.29 bits per heavy atom. The van der Waals surface area contributed by atoms with Gasteiger partial charge in [-0.2, -0.15) is 0 Å². The molecular weight excluding hydrogens is 294 g/mol. The van der Waals surface area contributed by atoms with Crippen LogP contribution in [0.15, 0.2) is 64.7 Å². The SMILES string of the molecule is C=CCSc1cc(Br)cc(-c2cccnc2)c1. The highest BCUT2D eigenvalue weighted by Crippen LogP contribution is 2.29. The van der Waals surface area contributed by atoms with Crippen molar-refractivity contribution in [3.05, 3.63) is 59.9 Å². The molecule has 2 aromatic rings. The zero-order valence-electron chi connectivity index (χ0n) is 9.27. The van der Waals surface area contributed by atoms with Crippen LogP contribution in [0.2, 0.25) is 0 Å². The third-order valence-corrected chi connectivity index (χ3v) is 3.66. The number of rotatable bonds is 4. The predicted molar refractivity (Wildman–Crippen MR) is 78.3 cm³/mol. The molecule has 0 radical (unpaired) electrons. The van der Waals surface area contributed by atoms with E-state index in [4.69, 9.17) is 0 Å². The fourth-order valence-corrected chi connectivity index (χ4v) is 2.88. The Morgan fingerprint density at radius 2 is 2.18 bits per heavy atom. The standard InChI is InChI=1S/C14H12BrNS/c1-2-6-17-14-8-12(7-13(15)9-14)11-4-3-5-16-10-11/h2-5,7-10H,1,6H2. The molecule has 0 saturated heterocycles. The summed E-state index contributed by atoms with van der Waals surface area (Å²) in [5, 5.41) is 0. The summed E-state index contributed by atoms with van der Waals surface area (Å²) in [7, 11) is 0. The summed E-state index contributed by atoms with van der Waals surface area (Å²) in [6, 6.07) is 10.4. The van der Waals surface area contributed by atoms with E-state index in [1.165, 1.54) is 10.5 Å². The van der Waals surface area contributed by atoms with Crippen LogP contribution in [0.5, 0.6) is 0 Å². The molecule has 0 N–H and O–H groups in total. The molecule has 0 aliphatic heterocycles. The summed E-state index contributed by atoms with van der Waals surface area (Å²) in [5.74, 6) is 0.920. The molecule has 0 unspecified atom stereocenters. The van der Waals surface area contributed by atoms with Gasteiger partial charge in [0.2, 0.25) is 0 Å². The van der Waals surface area contributed by atoms with Gasteiger partial charge in [0.1, 0.15) is 0 Å². The normalized spacial score (nSPS) is 10.2. The van der Waals surface area contributed by atoms with Gasteiger partial charge in [-0.15, -0.1) is 18.3 Å². The van der Waals surface area contributed by atoms with E-state index in [0.29, 0.717) is 0 Å². The van der Waals surface area contributed by atoms with Crippen LogP contribution in [0.1, 0.15) is 0 Å². The summed E-state index contributed by atoms with van der Waals surface area (Å²) in [6.07, 6.45) is 5.58. The molecule has 0 saturated carbocycles. The third kappa shape index (κ3) is 3.45. The van der Waals surface area contributed by atoms with E-state index in [-0.39, 0.29) is 0 Å². The summed E-state index contributed by atoms with van der Waals surface area (Å²) in [6.45, 7) is 3.74. The lowest BCUT2D eigenvalue weighted by Crippen LogP contribution is -1.82. The topological polar surface area (TPSA) is 12.9 Å². The predicted octanol–water partition coefficient (Wildman–Crippen LogP) is 4.79. The van der Waals surface area contributed by atoms with Crippen LogP contribution in [-0.2, 0) is 0 Å². The number of benzene rings is 1. The maximum absolute atomic E-state index is 4.14. The van der Waals surface area contributed by atoms with Crippen LogP contribution in [0.25, 0.3) is 11.1 Å². The maximum atomic E-state index is 4.14. The van der Waals surface area contributed by atoms with E-state index in [0.717, 1.165) is 15.8 Å². The minimum atomic E-state index is 0.920. The van der Waals surface area contributed by atoms with Crippen LogP contribution in [0, 0.1) is 0 Å². The average Bonchev–Trinajstić information content (AvgIpc) is 2.37. The number of thioether (sulfide) groups is 1. The summed E-state index contributed by atoms with van der Waals surface area (Å²) < 4.78 is 1.09. The van der Waals surface area contributed by atoms with E-state index < -0.39 is 0 Å². The van der Waals surface area contributed by atoms with Crippen molar-refractivity contribution in [3.63, 3.8) is 0 Å². The number of aromatic nitrogens is 1. The molecule has 0 fully saturated rings. The Hall–Kier alpha value is -1.06. The second-order valence-corrected chi connectivity index (χ2v) is 5.53.